The molecule has 0 amide bonds. The maximum atomic E-state index is 7.25. The van der Waals surface area contributed by atoms with E-state index in [0.717, 1.165) is 0 Å². The third-order valence-electron chi connectivity index (χ3n) is 2.28. The molecule has 3 aromatic heterocycles. The van der Waals surface area contributed by atoms with Crippen molar-refractivity contribution in [2.45, 2.75) is 0 Å². The zero-order valence-corrected chi connectivity index (χ0v) is 13.7. The quantitative estimate of drug-likeness (QED) is 0.613. The van der Waals surface area contributed by atoms with Gasteiger partial charge in [-0.15, -0.1) is 0 Å². The van der Waals surface area contributed by atoms with E-state index in [4.69, 9.17) is 29.9 Å². The Labute approximate surface area is 136 Å². The van der Waals surface area contributed by atoms with E-state index in [-0.39, 0.29) is 22.3 Å². The van der Waals surface area contributed by atoms with Crippen molar-refractivity contribution in [1.82, 2.24) is 29.1 Å². The second kappa shape index (κ2) is 10.3. The zero-order chi connectivity index (χ0) is 15.5. The van der Waals surface area contributed by atoms with Crippen molar-refractivity contribution in [3.63, 3.8) is 0 Å². The third kappa shape index (κ3) is 5.08. The third-order valence-corrected chi connectivity index (χ3v) is 2.28. The molecule has 12 heteroatoms. The Morgan fingerprint density at radius 1 is 0.810 bits per heavy atom. The van der Waals surface area contributed by atoms with E-state index in [1.165, 1.54) is 0 Å². The van der Waals surface area contributed by atoms with E-state index < -0.39 is 0 Å². The first-order chi connectivity index (χ1) is 10.4. The van der Waals surface area contributed by atoms with Crippen LogP contribution in [0.25, 0.3) is 5.59 Å². The second-order valence-electron chi connectivity index (χ2n) is 3.36. The SMILES string of the molecule is [Cl][Ru+2][Cl].[N-]=O.c1cnn([B-](n2cccn2)n2cccn2)c1. The molecule has 0 aliphatic rings. The van der Waals surface area contributed by atoms with Gasteiger partial charge >= 0.3 is 34.5 Å². The van der Waals surface area contributed by atoms with Gasteiger partial charge in [-0.05, 0) is 36.8 Å². The Balaban J connectivity index is 0.000000395. The molecule has 111 valence electrons. The smallest absolute Gasteiger partial charge is 0.260 e. The molecule has 0 spiro atoms. The monoisotopic (exact) mass is 414 g/mol. The average Bonchev–Trinajstić information content (AvgIpc) is 3.27. The molecule has 3 rings (SSSR count). The van der Waals surface area contributed by atoms with Crippen LogP contribution in [-0.2, 0) is 15.1 Å². The van der Waals surface area contributed by atoms with Crippen molar-refractivity contribution in [2.75, 3.05) is 0 Å². The topological polar surface area (TPSA) is 92.8 Å². The molecule has 0 unspecified atom stereocenters. The van der Waals surface area contributed by atoms with E-state index in [1.54, 1.807) is 32.4 Å². The molecule has 0 aromatic carbocycles. The molecule has 8 nitrogen and oxygen atoms in total. The molecule has 0 aliphatic heterocycles. The fraction of sp³-hybridized carbons (Fsp3) is 0. The molecule has 0 bridgehead atoms. The molecule has 0 N–H and O–H groups in total. The molecule has 0 saturated carbocycles. The van der Waals surface area contributed by atoms with E-state index in [2.05, 4.69) is 15.3 Å². The van der Waals surface area contributed by atoms with E-state index in [9.17, 15) is 0 Å². The largest absolute Gasteiger partial charge is 0.577 e. The fourth-order valence-electron chi connectivity index (χ4n) is 1.62. The van der Waals surface area contributed by atoms with Crippen molar-refractivity contribution in [1.29, 1.82) is 0 Å². The van der Waals surface area contributed by atoms with Crippen LogP contribution in [0, 0.1) is 4.91 Å². The summed E-state index contributed by atoms with van der Waals surface area (Å²) in [7, 11) is 9.51. The van der Waals surface area contributed by atoms with Crippen LogP contribution in [0.4, 0.5) is 0 Å². The van der Waals surface area contributed by atoms with Crippen molar-refractivity contribution in [3.8, 4) is 0 Å². The van der Waals surface area contributed by atoms with Gasteiger partial charge in [0, 0.05) is 18.6 Å². The summed E-state index contributed by atoms with van der Waals surface area (Å²) in [5.41, 5.74) is 5.75. The number of rotatable bonds is 3. The molecule has 0 saturated heterocycles. The minimum absolute atomic E-state index is 0.194. The summed E-state index contributed by atoms with van der Waals surface area (Å²) in [5.74, 6) is 0. The molecule has 3 aromatic rings. The Hall–Kier alpha value is -1.50. The Morgan fingerprint density at radius 2 is 1.10 bits per heavy atom. The van der Waals surface area contributed by atoms with Crippen molar-refractivity contribution >= 4 is 26.5 Å². The van der Waals surface area contributed by atoms with Crippen molar-refractivity contribution in [3.05, 3.63) is 65.9 Å². The summed E-state index contributed by atoms with van der Waals surface area (Å²) < 4.78 is 5.38. The molecular weight excluding hydrogens is 405 g/mol. The standard InChI is InChI=1S/C9H9BN6.2ClH.NO.Ru/c1-4-11-14(7-1)10(15-8-2-5-12-15)16-9-3-6-13-16;;;1-2;/h1-9H;2*1H;;/q-1;;;-1;+4/p-2. The molecule has 1 radical (unpaired) electrons. The minimum Gasteiger partial charge on any atom is -0.577 e. The van der Waals surface area contributed by atoms with Crippen LogP contribution in [0.5, 0.6) is 0 Å². The normalized spacial score (nSPS) is 9.48. The number of nitrogens with zero attached hydrogens (tertiary/aromatic N) is 7. The van der Waals surface area contributed by atoms with Crippen LogP contribution >= 0.6 is 19.4 Å². The van der Waals surface area contributed by atoms with Gasteiger partial charge in [0.15, 0.2) is 0 Å². The van der Waals surface area contributed by atoms with Crippen LogP contribution in [0.2, 0.25) is 0 Å². The van der Waals surface area contributed by atoms with Gasteiger partial charge in [0.25, 0.3) is 7.12 Å². The van der Waals surface area contributed by atoms with Crippen molar-refractivity contribution in [2.24, 2.45) is 0 Å². The molecule has 0 atom stereocenters. The van der Waals surface area contributed by atoms with Gasteiger partial charge in [0.05, 0.1) is 0 Å². The number of halogens is 2. The zero-order valence-electron chi connectivity index (χ0n) is 10.4. The Bertz CT molecular complexity index is 496. The molecule has 0 aliphatic carbocycles. The van der Waals surface area contributed by atoms with Gasteiger partial charge in [0.2, 0.25) is 0 Å². The van der Waals surface area contributed by atoms with Gasteiger partial charge in [0.1, 0.15) is 0 Å². The summed E-state index contributed by atoms with van der Waals surface area (Å²) in [6.07, 6.45) is 10.9. The molecule has 21 heavy (non-hydrogen) atoms. The van der Waals surface area contributed by atoms with Crippen LogP contribution in [0.1, 0.15) is 0 Å². The Morgan fingerprint density at radius 3 is 1.29 bits per heavy atom. The van der Waals surface area contributed by atoms with Gasteiger partial charge in [-0.25, -0.2) is 15.3 Å². The predicted octanol–water partition coefficient (Wildman–Crippen LogP) is 1.90. The van der Waals surface area contributed by atoms with E-state index >= 15 is 0 Å². The number of aromatic nitrogens is 6. The number of hydrogen-bond acceptors (Lipinski definition) is 4. The van der Waals surface area contributed by atoms with Crippen LogP contribution in [0.15, 0.2) is 55.4 Å². The van der Waals surface area contributed by atoms with Crippen molar-refractivity contribution < 1.29 is 15.1 Å². The summed E-state index contributed by atoms with van der Waals surface area (Å²) in [6.45, 7) is 0. The predicted molar refractivity (Wildman–Crippen MR) is 77.1 cm³/mol. The summed E-state index contributed by atoms with van der Waals surface area (Å²) in [4.78, 5) is 7.25. The second-order valence-corrected chi connectivity index (χ2v) is 5.99. The number of hydrogen-bond donors (Lipinski definition) is 0. The summed E-state index contributed by atoms with van der Waals surface area (Å²) in [6, 6.07) is 5.62. The van der Waals surface area contributed by atoms with Gasteiger partial charge in [-0.2, -0.15) is 0 Å². The maximum Gasteiger partial charge on any atom is 0.260 e. The molecule has 3 heterocycles. The van der Waals surface area contributed by atoms with Crippen LogP contribution in [-0.4, -0.2) is 36.2 Å². The summed E-state index contributed by atoms with van der Waals surface area (Å²) in [5, 5.41) is 12.7. The first kappa shape index (κ1) is 17.5. The first-order valence-corrected chi connectivity index (χ1v) is 9.85. The maximum absolute atomic E-state index is 7.25. The summed E-state index contributed by atoms with van der Waals surface area (Å²) >= 11 is -0.346. The first-order valence-electron chi connectivity index (χ1n) is 5.37. The van der Waals surface area contributed by atoms with Gasteiger partial charge < -0.3 is 24.3 Å². The van der Waals surface area contributed by atoms with Crippen LogP contribution in [0.3, 0.4) is 0 Å². The molecule has 0 fully saturated rings. The van der Waals surface area contributed by atoms with E-state index in [0.29, 0.717) is 0 Å². The van der Waals surface area contributed by atoms with Crippen LogP contribution < -0.4 is 0 Å². The molecular formula is C9H9BCl2N7ORu. The van der Waals surface area contributed by atoms with E-state index in [1.807, 2.05) is 36.8 Å². The fourth-order valence-corrected chi connectivity index (χ4v) is 1.62. The van der Waals surface area contributed by atoms with Gasteiger partial charge in [-0.3, -0.25) is 0 Å². The average molecular weight is 414 g/mol. The Kier molecular flexibility index (Phi) is 8.57. The minimum atomic E-state index is -0.346. The number of nitroso groups, excluding NO2 is 1. The van der Waals surface area contributed by atoms with Gasteiger partial charge in [-0.1, -0.05) is 0 Å².